The number of nitrogens with one attached hydrogen (secondary N) is 1. The molecule has 0 radical (unpaired) electrons. The fourth-order valence-electron chi connectivity index (χ4n) is 4.29. The number of benzene rings is 2. The SMILES string of the molecule is C=C/C(=C\C=C(/C)C(C)(C)C)C(=C)N[C@H](C=O)Cc1ccc(-c2ncc(-c3ccc(OCCCC(C)C)cc3)cn2)cc1. The molecule has 0 saturated carbocycles. The fourth-order valence-corrected chi connectivity index (χ4v) is 4.29. The number of rotatable bonds is 15. The van der Waals surface area contributed by atoms with Crippen LogP contribution in [0.25, 0.3) is 22.5 Å². The number of ether oxygens (including phenoxy) is 1. The topological polar surface area (TPSA) is 64.1 Å². The molecule has 0 aliphatic heterocycles. The summed E-state index contributed by atoms with van der Waals surface area (Å²) < 4.78 is 5.86. The van der Waals surface area contributed by atoms with Crippen LogP contribution in [0.3, 0.4) is 0 Å². The minimum atomic E-state index is -0.415. The molecule has 226 valence electrons. The molecular weight excluding hydrogens is 530 g/mol. The Kier molecular flexibility index (Phi) is 12.2. The molecule has 0 spiro atoms. The van der Waals surface area contributed by atoms with Crippen molar-refractivity contribution < 1.29 is 9.53 Å². The van der Waals surface area contributed by atoms with Gasteiger partial charge < -0.3 is 14.8 Å². The van der Waals surface area contributed by atoms with Crippen molar-refractivity contribution in [1.29, 1.82) is 0 Å². The van der Waals surface area contributed by atoms with Gasteiger partial charge in [-0.2, -0.15) is 0 Å². The van der Waals surface area contributed by atoms with Gasteiger partial charge in [0, 0.05) is 29.2 Å². The molecule has 0 amide bonds. The highest BCUT2D eigenvalue weighted by Crippen LogP contribution is 2.25. The molecule has 0 saturated heterocycles. The number of carbonyl (C=O) groups is 1. The van der Waals surface area contributed by atoms with Crippen LogP contribution in [0.1, 0.15) is 59.9 Å². The summed E-state index contributed by atoms with van der Waals surface area (Å²) in [7, 11) is 0. The maximum Gasteiger partial charge on any atom is 0.159 e. The average molecular weight is 578 g/mol. The predicted octanol–water partition coefficient (Wildman–Crippen LogP) is 8.94. The second-order valence-electron chi connectivity index (χ2n) is 12.4. The zero-order valence-electron chi connectivity index (χ0n) is 26.7. The lowest BCUT2D eigenvalue weighted by molar-refractivity contribution is -0.109. The van der Waals surface area contributed by atoms with E-state index in [0.29, 0.717) is 23.9 Å². The Morgan fingerprint density at radius 1 is 0.953 bits per heavy atom. The molecule has 1 aromatic heterocycles. The Bertz CT molecular complexity index is 1410. The van der Waals surface area contributed by atoms with Gasteiger partial charge in [-0.25, -0.2) is 9.97 Å². The summed E-state index contributed by atoms with van der Waals surface area (Å²) in [4.78, 5) is 21.1. The zero-order valence-corrected chi connectivity index (χ0v) is 26.7. The summed E-state index contributed by atoms with van der Waals surface area (Å²) in [5.74, 6) is 2.22. The number of hydrogen-bond donors (Lipinski definition) is 1. The summed E-state index contributed by atoms with van der Waals surface area (Å²) in [6.45, 7) is 21.9. The van der Waals surface area contributed by atoms with Crippen LogP contribution in [0.4, 0.5) is 0 Å². The van der Waals surface area contributed by atoms with Crippen molar-refractivity contribution in [2.75, 3.05) is 6.61 Å². The summed E-state index contributed by atoms with van der Waals surface area (Å²) in [6.07, 6.45) is 13.2. The molecule has 2 aromatic carbocycles. The van der Waals surface area contributed by atoms with E-state index in [1.807, 2.05) is 67.0 Å². The van der Waals surface area contributed by atoms with Crippen LogP contribution in [0.5, 0.6) is 5.75 Å². The highest BCUT2D eigenvalue weighted by atomic mass is 16.5. The molecule has 1 heterocycles. The molecule has 0 aliphatic carbocycles. The van der Waals surface area contributed by atoms with Crippen molar-refractivity contribution in [3.63, 3.8) is 0 Å². The molecule has 43 heavy (non-hydrogen) atoms. The molecule has 3 aromatic rings. The van der Waals surface area contributed by atoms with E-state index in [1.54, 1.807) is 6.08 Å². The van der Waals surface area contributed by atoms with Gasteiger partial charge in [0.1, 0.15) is 12.0 Å². The third-order valence-corrected chi connectivity index (χ3v) is 7.49. The van der Waals surface area contributed by atoms with Crippen LogP contribution in [0.15, 0.2) is 109 Å². The summed E-state index contributed by atoms with van der Waals surface area (Å²) >= 11 is 0. The normalized spacial score (nSPS) is 13.0. The number of aromatic nitrogens is 2. The van der Waals surface area contributed by atoms with Gasteiger partial charge in [-0.05, 0) is 66.4 Å². The van der Waals surface area contributed by atoms with Crippen molar-refractivity contribution in [2.24, 2.45) is 11.3 Å². The van der Waals surface area contributed by atoms with E-state index in [4.69, 9.17) is 4.74 Å². The largest absolute Gasteiger partial charge is 0.494 e. The smallest absolute Gasteiger partial charge is 0.159 e. The van der Waals surface area contributed by atoms with Crippen molar-refractivity contribution in [3.8, 4) is 28.3 Å². The third-order valence-electron chi connectivity index (χ3n) is 7.49. The monoisotopic (exact) mass is 577 g/mol. The molecule has 0 aliphatic rings. The zero-order chi connectivity index (χ0) is 31.4. The second-order valence-corrected chi connectivity index (χ2v) is 12.4. The summed E-state index contributed by atoms with van der Waals surface area (Å²) in [5, 5.41) is 3.25. The summed E-state index contributed by atoms with van der Waals surface area (Å²) in [5.41, 5.74) is 6.78. The van der Waals surface area contributed by atoms with Crippen LogP contribution in [-0.4, -0.2) is 28.9 Å². The Morgan fingerprint density at radius 2 is 1.58 bits per heavy atom. The summed E-state index contributed by atoms with van der Waals surface area (Å²) in [6, 6.07) is 15.6. The van der Waals surface area contributed by atoms with E-state index in [0.717, 1.165) is 52.9 Å². The Hall–Kier alpha value is -4.25. The minimum Gasteiger partial charge on any atom is -0.494 e. The average Bonchev–Trinajstić information content (AvgIpc) is 2.99. The second kappa shape index (κ2) is 15.8. The van der Waals surface area contributed by atoms with Gasteiger partial charge in [-0.1, -0.05) is 108 Å². The van der Waals surface area contributed by atoms with E-state index >= 15 is 0 Å². The third kappa shape index (κ3) is 10.5. The number of allylic oxidation sites excluding steroid dienone is 4. The number of aldehydes is 1. The van der Waals surface area contributed by atoms with Gasteiger partial charge in [-0.3, -0.25) is 0 Å². The van der Waals surface area contributed by atoms with E-state index in [2.05, 4.69) is 76.1 Å². The molecule has 5 nitrogen and oxygen atoms in total. The van der Waals surface area contributed by atoms with Crippen molar-refractivity contribution in [3.05, 3.63) is 115 Å². The maximum absolute atomic E-state index is 11.9. The highest BCUT2D eigenvalue weighted by Gasteiger charge is 2.13. The number of hydrogen-bond acceptors (Lipinski definition) is 5. The van der Waals surface area contributed by atoms with Crippen molar-refractivity contribution in [2.45, 2.75) is 66.8 Å². The van der Waals surface area contributed by atoms with Crippen LogP contribution in [0.2, 0.25) is 0 Å². The van der Waals surface area contributed by atoms with Crippen LogP contribution < -0.4 is 10.1 Å². The Morgan fingerprint density at radius 3 is 2.14 bits per heavy atom. The lowest BCUT2D eigenvalue weighted by Gasteiger charge is -2.19. The Labute approximate surface area is 258 Å². The first kappa shape index (κ1) is 33.3. The van der Waals surface area contributed by atoms with E-state index in [1.165, 1.54) is 12.0 Å². The number of carbonyl (C=O) groups excluding carboxylic acids is 1. The molecule has 0 bridgehead atoms. The van der Waals surface area contributed by atoms with Gasteiger partial charge in [0.15, 0.2) is 5.82 Å². The molecule has 3 rings (SSSR count). The van der Waals surface area contributed by atoms with Gasteiger partial charge in [0.05, 0.1) is 12.6 Å². The fraction of sp³-hybridized carbons (Fsp3) is 0.342. The maximum atomic E-state index is 11.9. The highest BCUT2D eigenvalue weighted by molar-refractivity contribution is 5.65. The quantitative estimate of drug-likeness (QED) is 0.111. The first-order chi connectivity index (χ1) is 20.5. The van der Waals surface area contributed by atoms with Gasteiger partial charge in [0.2, 0.25) is 0 Å². The van der Waals surface area contributed by atoms with Gasteiger partial charge in [-0.15, -0.1) is 0 Å². The first-order valence-corrected chi connectivity index (χ1v) is 15.1. The van der Waals surface area contributed by atoms with Crippen LogP contribution in [0, 0.1) is 11.3 Å². The lowest BCUT2D eigenvalue weighted by atomic mass is 9.87. The Balaban J connectivity index is 1.59. The molecular formula is C38H47N3O2. The van der Waals surface area contributed by atoms with Crippen molar-refractivity contribution >= 4 is 6.29 Å². The van der Waals surface area contributed by atoms with Crippen LogP contribution in [-0.2, 0) is 11.2 Å². The van der Waals surface area contributed by atoms with E-state index in [-0.39, 0.29) is 5.41 Å². The van der Waals surface area contributed by atoms with E-state index < -0.39 is 6.04 Å². The lowest BCUT2D eigenvalue weighted by Crippen LogP contribution is -2.32. The molecule has 5 heteroatoms. The first-order valence-electron chi connectivity index (χ1n) is 15.1. The standard InChI is InChI=1S/C38H47N3O2/c1-9-31(15-12-28(4)38(6,7)8)29(5)41-35(26-42)23-30-13-16-33(17-14-30)37-39-24-34(25-40-37)32-18-20-36(21-19-32)43-22-10-11-27(2)3/h9,12-21,24-27,35,41H,1,5,10-11,22-23H2,2-4,6-8H3/b28-12+,31-15+/t35-/m0/s1. The molecule has 0 unspecified atom stereocenters. The molecule has 1 atom stereocenters. The van der Waals surface area contributed by atoms with Gasteiger partial charge in [0.25, 0.3) is 0 Å². The van der Waals surface area contributed by atoms with E-state index in [9.17, 15) is 4.79 Å². The van der Waals surface area contributed by atoms with Gasteiger partial charge >= 0.3 is 0 Å². The molecule has 0 fully saturated rings. The minimum absolute atomic E-state index is 0.0799. The van der Waals surface area contributed by atoms with Crippen LogP contribution >= 0.6 is 0 Å². The molecule has 1 N–H and O–H groups in total. The number of nitrogens with zero attached hydrogens (tertiary/aromatic N) is 2. The van der Waals surface area contributed by atoms with Crippen molar-refractivity contribution in [1.82, 2.24) is 15.3 Å². The predicted molar refractivity (Wildman–Crippen MR) is 180 cm³/mol.